The number of anilines is 1. The largest absolute Gasteiger partial charge is 0.497 e. The minimum Gasteiger partial charge on any atom is -0.497 e. The quantitative estimate of drug-likeness (QED) is 0.783. The van der Waals surface area contributed by atoms with Crippen LogP contribution in [-0.4, -0.2) is 22.8 Å². The molecule has 0 aliphatic carbocycles. The molecule has 3 rings (SSSR count). The predicted octanol–water partition coefficient (Wildman–Crippen LogP) is 2.94. The number of amides is 1. The number of carbonyl (C=O) groups is 1. The van der Waals surface area contributed by atoms with E-state index in [4.69, 9.17) is 4.74 Å². The van der Waals surface area contributed by atoms with Crippen molar-refractivity contribution in [2.75, 3.05) is 12.4 Å². The summed E-state index contributed by atoms with van der Waals surface area (Å²) in [5, 5.41) is 6.66. The number of ether oxygens (including phenoxy) is 1. The lowest BCUT2D eigenvalue weighted by atomic mass is 10.2. The molecule has 3 aromatic rings. The fourth-order valence-electron chi connectivity index (χ4n) is 2.46. The van der Waals surface area contributed by atoms with Crippen LogP contribution in [0.25, 0.3) is 5.69 Å². The SMILES string of the molecule is COc1cccc(NC(=O)c2nn(-c3ccccc3F)c(C)cc2=O)c1. The second kappa shape index (κ2) is 7.18. The van der Waals surface area contributed by atoms with Crippen LogP contribution in [-0.2, 0) is 0 Å². The van der Waals surface area contributed by atoms with E-state index in [0.29, 0.717) is 17.1 Å². The molecule has 0 saturated heterocycles. The van der Waals surface area contributed by atoms with E-state index in [1.807, 2.05) is 0 Å². The van der Waals surface area contributed by atoms with Gasteiger partial charge < -0.3 is 10.1 Å². The molecule has 0 radical (unpaired) electrons. The Bertz CT molecular complexity index is 1030. The zero-order valence-corrected chi connectivity index (χ0v) is 14.2. The number of halogens is 1. The van der Waals surface area contributed by atoms with Gasteiger partial charge in [-0.3, -0.25) is 9.59 Å². The van der Waals surface area contributed by atoms with Crippen molar-refractivity contribution < 1.29 is 13.9 Å². The van der Waals surface area contributed by atoms with E-state index in [1.165, 1.54) is 30.0 Å². The van der Waals surface area contributed by atoms with Crippen LogP contribution in [0.3, 0.4) is 0 Å². The third-order valence-electron chi connectivity index (χ3n) is 3.73. The van der Waals surface area contributed by atoms with Crippen LogP contribution in [0.5, 0.6) is 5.75 Å². The number of carbonyl (C=O) groups excluding carboxylic acids is 1. The zero-order chi connectivity index (χ0) is 18.7. The van der Waals surface area contributed by atoms with Gasteiger partial charge in [-0.2, -0.15) is 5.10 Å². The summed E-state index contributed by atoms with van der Waals surface area (Å²) in [5.74, 6) is -0.636. The summed E-state index contributed by atoms with van der Waals surface area (Å²) >= 11 is 0. The third kappa shape index (κ3) is 3.46. The standard InChI is InChI=1S/C19H16FN3O3/c1-12-10-17(24)18(22-23(12)16-9-4-3-8-15(16)20)19(25)21-13-6-5-7-14(11-13)26-2/h3-11H,1-2H3,(H,21,25). The van der Waals surface area contributed by atoms with Gasteiger partial charge in [0.05, 0.1) is 7.11 Å². The molecule has 2 aromatic carbocycles. The van der Waals surface area contributed by atoms with Crippen molar-refractivity contribution in [3.63, 3.8) is 0 Å². The number of aromatic nitrogens is 2. The summed E-state index contributed by atoms with van der Waals surface area (Å²) in [6.45, 7) is 1.62. The lowest BCUT2D eigenvalue weighted by Gasteiger charge is -2.12. The molecule has 132 valence electrons. The summed E-state index contributed by atoms with van der Waals surface area (Å²) < 4.78 is 20.4. The van der Waals surface area contributed by atoms with E-state index < -0.39 is 17.2 Å². The molecule has 0 saturated carbocycles. The Morgan fingerprint density at radius 3 is 2.65 bits per heavy atom. The Hall–Kier alpha value is -3.48. The molecule has 0 fully saturated rings. The van der Waals surface area contributed by atoms with Gasteiger partial charge in [-0.05, 0) is 31.2 Å². The highest BCUT2D eigenvalue weighted by atomic mass is 19.1. The van der Waals surface area contributed by atoms with Gasteiger partial charge >= 0.3 is 0 Å². The first-order valence-corrected chi connectivity index (χ1v) is 7.81. The fraction of sp³-hybridized carbons (Fsp3) is 0.105. The molecule has 7 heteroatoms. The molecule has 0 aliphatic rings. The number of nitrogens with one attached hydrogen (secondary N) is 1. The number of benzene rings is 2. The number of nitrogens with zero attached hydrogens (tertiary/aromatic N) is 2. The molecule has 26 heavy (non-hydrogen) atoms. The smallest absolute Gasteiger partial charge is 0.280 e. The first kappa shape index (κ1) is 17.3. The van der Waals surface area contributed by atoms with Crippen LogP contribution in [0.1, 0.15) is 16.2 Å². The molecule has 6 nitrogen and oxygen atoms in total. The Kier molecular flexibility index (Phi) is 4.79. The number of aryl methyl sites for hydroxylation is 1. The maximum Gasteiger partial charge on any atom is 0.280 e. The van der Waals surface area contributed by atoms with Crippen LogP contribution in [0.2, 0.25) is 0 Å². The maximum atomic E-state index is 14.1. The van der Waals surface area contributed by atoms with Gasteiger partial charge in [0.25, 0.3) is 5.91 Å². The van der Waals surface area contributed by atoms with Crippen molar-refractivity contribution in [1.82, 2.24) is 9.78 Å². The van der Waals surface area contributed by atoms with E-state index >= 15 is 0 Å². The molecule has 1 heterocycles. The zero-order valence-electron chi connectivity index (χ0n) is 14.2. The van der Waals surface area contributed by atoms with Crippen molar-refractivity contribution in [3.8, 4) is 11.4 Å². The van der Waals surface area contributed by atoms with Crippen molar-refractivity contribution in [2.45, 2.75) is 6.92 Å². The monoisotopic (exact) mass is 353 g/mol. The normalized spacial score (nSPS) is 10.4. The summed E-state index contributed by atoms with van der Waals surface area (Å²) in [6.07, 6.45) is 0. The van der Waals surface area contributed by atoms with Crippen molar-refractivity contribution in [1.29, 1.82) is 0 Å². The predicted molar refractivity (Wildman–Crippen MR) is 95.5 cm³/mol. The Morgan fingerprint density at radius 1 is 1.15 bits per heavy atom. The summed E-state index contributed by atoms with van der Waals surface area (Å²) in [6, 6.07) is 13.9. The average Bonchev–Trinajstić information content (AvgIpc) is 2.63. The summed E-state index contributed by atoms with van der Waals surface area (Å²) in [7, 11) is 1.51. The van der Waals surface area contributed by atoms with Crippen LogP contribution < -0.4 is 15.5 Å². The van der Waals surface area contributed by atoms with E-state index in [0.717, 1.165) is 0 Å². The molecular formula is C19H16FN3O3. The number of hydrogen-bond acceptors (Lipinski definition) is 4. The van der Waals surface area contributed by atoms with Crippen molar-refractivity contribution in [3.05, 3.63) is 82.0 Å². The van der Waals surface area contributed by atoms with Crippen molar-refractivity contribution >= 4 is 11.6 Å². The van der Waals surface area contributed by atoms with Gasteiger partial charge in [0.2, 0.25) is 5.43 Å². The minimum absolute atomic E-state index is 0.153. The Balaban J connectivity index is 1.99. The molecule has 0 bridgehead atoms. The molecule has 1 amide bonds. The molecule has 1 aromatic heterocycles. The first-order chi connectivity index (χ1) is 12.5. The van der Waals surface area contributed by atoms with Crippen LogP contribution in [0.4, 0.5) is 10.1 Å². The number of rotatable bonds is 4. The van der Waals surface area contributed by atoms with E-state index in [-0.39, 0.29) is 11.4 Å². The van der Waals surface area contributed by atoms with Gasteiger partial charge in [0.1, 0.15) is 17.3 Å². The first-order valence-electron chi connectivity index (χ1n) is 7.81. The van der Waals surface area contributed by atoms with Gasteiger partial charge in [0, 0.05) is 23.5 Å². The lowest BCUT2D eigenvalue weighted by Crippen LogP contribution is -2.27. The van der Waals surface area contributed by atoms with Gasteiger partial charge in [-0.1, -0.05) is 18.2 Å². The molecule has 0 atom stereocenters. The molecule has 0 unspecified atom stereocenters. The van der Waals surface area contributed by atoms with Crippen LogP contribution in [0, 0.1) is 12.7 Å². The second-order valence-electron chi connectivity index (χ2n) is 5.55. The van der Waals surface area contributed by atoms with E-state index in [9.17, 15) is 14.0 Å². The van der Waals surface area contributed by atoms with Gasteiger partial charge in [-0.15, -0.1) is 0 Å². The molecular weight excluding hydrogens is 337 g/mol. The van der Waals surface area contributed by atoms with E-state index in [2.05, 4.69) is 10.4 Å². The topological polar surface area (TPSA) is 73.2 Å². The van der Waals surface area contributed by atoms with E-state index in [1.54, 1.807) is 43.3 Å². The molecule has 1 N–H and O–H groups in total. The highest BCUT2D eigenvalue weighted by Gasteiger charge is 2.17. The Labute approximate surface area is 148 Å². The highest BCUT2D eigenvalue weighted by Crippen LogP contribution is 2.17. The van der Waals surface area contributed by atoms with Crippen LogP contribution >= 0.6 is 0 Å². The maximum absolute atomic E-state index is 14.1. The number of para-hydroxylation sites is 1. The minimum atomic E-state index is -0.687. The van der Waals surface area contributed by atoms with Crippen LogP contribution in [0.15, 0.2) is 59.4 Å². The second-order valence-corrected chi connectivity index (χ2v) is 5.55. The number of methoxy groups -OCH3 is 1. The third-order valence-corrected chi connectivity index (χ3v) is 3.73. The Morgan fingerprint density at radius 2 is 1.92 bits per heavy atom. The average molecular weight is 353 g/mol. The summed E-state index contributed by atoms with van der Waals surface area (Å²) in [4.78, 5) is 24.7. The summed E-state index contributed by atoms with van der Waals surface area (Å²) in [5.41, 5.74) is 0.143. The molecule has 0 aliphatic heterocycles. The van der Waals surface area contributed by atoms with Crippen molar-refractivity contribution in [2.24, 2.45) is 0 Å². The highest BCUT2D eigenvalue weighted by molar-refractivity contribution is 6.02. The van der Waals surface area contributed by atoms with Gasteiger partial charge in [0.15, 0.2) is 5.69 Å². The lowest BCUT2D eigenvalue weighted by molar-refractivity contribution is 0.101. The molecule has 0 spiro atoms. The van der Waals surface area contributed by atoms with Gasteiger partial charge in [-0.25, -0.2) is 9.07 Å². The fourth-order valence-corrected chi connectivity index (χ4v) is 2.46. The number of hydrogen-bond donors (Lipinski definition) is 1.